The van der Waals surface area contributed by atoms with E-state index in [4.69, 9.17) is 0 Å². The highest BCUT2D eigenvalue weighted by Crippen LogP contribution is 2.44. The Morgan fingerprint density at radius 3 is 2.36 bits per heavy atom. The van der Waals surface area contributed by atoms with Crippen LogP contribution < -0.4 is 0 Å². The van der Waals surface area contributed by atoms with Gasteiger partial charge in [0.25, 0.3) is 0 Å². The van der Waals surface area contributed by atoms with E-state index in [1.54, 1.807) is 0 Å². The molecule has 0 aliphatic carbocycles. The predicted octanol–water partition coefficient (Wildman–Crippen LogP) is 5.59. The molecular formula is C21H28N+. The van der Waals surface area contributed by atoms with Crippen molar-refractivity contribution in [3.63, 3.8) is 0 Å². The molecule has 22 heavy (non-hydrogen) atoms. The molecule has 1 aromatic rings. The Labute approximate surface area is 135 Å². The summed E-state index contributed by atoms with van der Waals surface area (Å²) in [7, 11) is 0. The van der Waals surface area contributed by atoms with Crippen LogP contribution in [0.3, 0.4) is 0 Å². The van der Waals surface area contributed by atoms with Crippen LogP contribution in [-0.2, 0) is 0 Å². The summed E-state index contributed by atoms with van der Waals surface area (Å²) in [6.45, 7) is 18.2. The molecule has 2 rings (SSSR count). The lowest BCUT2D eigenvalue weighted by molar-refractivity contribution is -0.461. The van der Waals surface area contributed by atoms with Gasteiger partial charge in [-0.15, -0.1) is 0 Å². The van der Waals surface area contributed by atoms with Crippen LogP contribution in [-0.4, -0.2) is 16.8 Å². The van der Waals surface area contributed by atoms with E-state index in [2.05, 4.69) is 75.8 Å². The van der Waals surface area contributed by atoms with Gasteiger partial charge in [-0.05, 0) is 25.3 Å². The molecule has 0 radical (unpaired) electrons. The van der Waals surface area contributed by atoms with Crippen LogP contribution in [0.1, 0.15) is 39.2 Å². The number of benzene rings is 1. The third kappa shape index (κ3) is 2.61. The van der Waals surface area contributed by atoms with Gasteiger partial charge in [0.15, 0.2) is 12.3 Å². The number of aryl methyl sites for hydroxylation is 1. The van der Waals surface area contributed by atoms with Crippen LogP contribution in [0.25, 0.3) is 0 Å². The lowest BCUT2D eigenvalue weighted by Crippen LogP contribution is -2.40. The minimum Gasteiger partial charge on any atom is -0.195 e. The van der Waals surface area contributed by atoms with Gasteiger partial charge in [0.1, 0.15) is 0 Å². The molecule has 1 aliphatic rings. The van der Waals surface area contributed by atoms with Crippen LogP contribution in [0.2, 0.25) is 0 Å². The van der Waals surface area contributed by atoms with E-state index in [0.717, 1.165) is 25.0 Å². The number of nitrogens with zero attached hydrogens (tertiary/aromatic N) is 1. The van der Waals surface area contributed by atoms with Gasteiger partial charge in [0.2, 0.25) is 5.69 Å². The molecule has 0 saturated carbocycles. The van der Waals surface area contributed by atoms with E-state index < -0.39 is 0 Å². The van der Waals surface area contributed by atoms with Gasteiger partial charge in [-0.2, -0.15) is 4.58 Å². The Kier molecular flexibility index (Phi) is 4.85. The summed E-state index contributed by atoms with van der Waals surface area (Å²) >= 11 is 0. The van der Waals surface area contributed by atoms with Gasteiger partial charge in [-0.25, -0.2) is 0 Å². The maximum absolute atomic E-state index is 4.40. The van der Waals surface area contributed by atoms with Gasteiger partial charge in [0.05, 0.1) is 5.41 Å². The molecule has 1 heterocycles. The summed E-state index contributed by atoms with van der Waals surface area (Å²) in [4.78, 5) is 0. The first kappa shape index (κ1) is 16.5. The van der Waals surface area contributed by atoms with E-state index in [-0.39, 0.29) is 5.41 Å². The SMILES string of the molecule is C=CC=C1C(=C)C(C)=[N+](c2ccccc2C)CC1(CC)CC. The van der Waals surface area contributed by atoms with Gasteiger partial charge in [-0.3, -0.25) is 0 Å². The first-order chi connectivity index (χ1) is 10.5. The zero-order chi connectivity index (χ0) is 16.3. The van der Waals surface area contributed by atoms with E-state index in [0.29, 0.717) is 0 Å². The molecule has 0 spiro atoms. The fourth-order valence-corrected chi connectivity index (χ4v) is 3.57. The van der Waals surface area contributed by atoms with Crippen LogP contribution in [0.5, 0.6) is 0 Å². The maximum Gasteiger partial charge on any atom is 0.208 e. The summed E-state index contributed by atoms with van der Waals surface area (Å²) in [5, 5.41) is 0. The maximum atomic E-state index is 4.40. The van der Waals surface area contributed by atoms with Gasteiger partial charge in [-0.1, -0.05) is 57.4 Å². The van der Waals surface area contributed by atoms with Crippen molar-refractivity contribution in [1.82, 2.24) is 0 Å². The zero-order valence-electron chi connectivity index (χ0n) is 14.4. The Morgan fingerprint density at radius 1 is 1.18 bits per heavy atom. The standard InChI is InChI=1S/C21H28N/c1-7-12-19-17(5)18(6)22(15-21(19,8-2)9-3)20-14-11-10-13-16(20)4/h7,10-14H,1,5,8-9,15H2,2-4,6H3/q+1. The quantitative estimate of drug-likeness (QED) is 0.637. The molecule has 0 amide bonds. The van der Waals surface area contributed by atoms with Crippen molar-refractivity contribution in [1.29, 1.82) is 0 Å². The summed E-state index contributed by atoms with van der Waals surface area (Å²) in [5.74, 6) is 0. The average molecular weight is 294 g/mol. The molecule has 1 nitrogen and oxygen atoms in total. The van der Waals surface area contributed by atoms with Crippen LogP contribution in [0.4, 0.5) is 5.69 Å². The summed E-state index contributed by atoms with van der Waals surface area (Å²) in [6, 6.07) is 8.61. The molecule has 1 heteroatoms. The number of hydrogen-bond donors (Lipinski definition) is 0. The van der Waals surface area contributed by atoms with Crippen LogP contribution in [0, 0.1) is 12.3 Å². The second-order valence-corrected chi connectivity index (χ2v) is 6.24. The first-order valence-electron chi connectivity index (χ1n) is 8.20. The van der Waals surface area contributed by atoms with E-state index in [1.807, 2.05) is 6.08 Å². The second kappa shape index (κ2) is 6.48. The highest BCUT2D eigenvalue weighted by atomic mass is 15.0. The summed E-state index contributed by atoms with van der Waals surface area (Å²) in [5.41, 5.74) is 6.51. The lowest BCUT2D eigenvalue weighted by Gasteiger charge is -2.37. The molecule has 1 aromatic carbocycles. The number of para-hydroxylation sites is 1. The van der Waals surface area contributed by atoms with Crippen LogP contribution in [0.15, 0.2) is 60.7 Å². The Hall–Kier alpha value is -1.89. The fourth-order valence-electron chi connectivity index (χ4n) is 3.57. The number of hydrogen-bond acceptors (Lipinski definition) is 0. The van der Waals surface area contributed by atoms with E-state index in [9.17, 15) is 0 Å². The second-order valence-electron chi connectivity index (χ2n) is 6.24. The van der Waals surface area contributed by atoms with Gasteiger partial charge < -0.3 is 0 Å². The van der Waals surface area contributed by atoms with Crippen molar-refractivity contribution < 1.29 is 4.58 Å². The summed E-state index contributed by atoms with van der Waals surface area (Å²) < 4.78 is 2.45. The Bertz CT molecular complexity index is 654. The zero-order valence-corrected chi connectivity index (χ0v) is 14.4. The fraction of sp³-hybridized carbons (Fsp3) is 0.381. The minimum absolute atomic E-state index is 0.146. The van der Waals surface area contributed by atoms with Gasteiger partial charge in [0, 0.05) is 24.1 Å². The topological polar surface area (TPSA) is 3.01 Å². The van der Waals surface area contributed by atoms with Crippen LogP contribution >= 0.6 is 0 Å². The molecule has 0 aromatic heterocycles. The molecule has 0 bridgehead atoms. The van der Waals surface area contributed by atoms with Crippen molar-refractivity contribution >= 4 is 11.4 Å². The smallest absolute Gasteiger partial charge is 0.195 e. The van der Waals surface area contributed by atoms with E-state index >= 15 is 0 Å². The highest BCUT2D eigenvalue weighted by molar-refractivity contribution is 5.99. The average Bonchev–Trinajstić information content (AvgIpc) is 2.54. The van der Waals surface area contributed by atoms with Crippen molar-refractivity contribution in [2.75, 3.05) is 6.54 Å². The molecule has 0 fully saturated rings. The molecule has 0 N–H and O–H groups in total. The lowest BCUT2D eigenvalue weighted by atomic mass is 9.69. The minimum atomic E-state index is 0.146. The monoisotopic (exact) mass is 294 g/mol. The third-order valence-corrected chi connectivity index (χ3v) is 5.24. The molecule has 0 atom stereocenters. The highest BCUT2D eigenvalue weighted by Gasteiger charge is 2.43. The predicted molar refractivity (Wildman–Crippen MR) is 97.1 cm³/mol. The number of rotatable bonds is 4. The van der Waals surface area contributed by atoms with Crippen molar-refractivity contribution in [2.24, 2.45) is 5.41 Å². The first-order valence-corrected chi connectivity index (χ1v) is 8.20. The molecule has 0 unspecified atom stereocenters. The van der Waals surface area contributed by atoms with Gasteiger partial charge >= 0.3 is 0 Å². The summed E-state index contributed by atoms with van der Waals surface area (Å²) in [6.07, 6.45) is 6.28. The Balaban J connectivity index is 2.67. The third-order valence-electron chi connectivity index (χ3n) is 5.24. The van der Waals surface area contributed by atoms with Crippen molar-refractivity contribution in [2.45, 2.75) is 40.5 Å². The van der Waals surface area contributed by atoms with E-state index in [1.165, 1.54) is 22.5 Å². The van der Waals surface area contributed by atoms with Crippen molar-refractivity contribution in [3.8, 4) is 0 Å². The molecular weight excluding hydrogens is 266 g/mol. The molecule has 1 aliphatic heterocycles. The molecule has 116 valence electrons. The largest absolute Gasteiger partial charge is 0.208 e. The molecule has 0 saturated heterocycles. The number of allylic oxidation sites excluding steroid dienone is 3. The Morgan fingerprint density at radius 2 is 1.82 bits per heavy atom. The normalized spacial score (nSPS) is 19.6. The van der Waals surface area contributed by atoms with Crippen molar-refractivity contribution in [3.05, 3.63) is 66.3 Å².